The lowest BCUT2D eigenvalue weighted by Crippen LogP contribution is -2.47. The average molecular weight is 172 g/mol. The number of hydrogen-bond donors (Lipinski definition) is 1. The second-order valence-corrected chi connectivity index (χ2v) is 8.56. The summed E-state index contributed by atoms with van der Waals surface area (Å²) in [5.74, 6) is -2.38. The molecule has 0 aromatic rings. The van der Waals surface area contributed by atoms with Crippen molar-refractivity contribution in [2.45, 2.75) is 31.5 Å². The van der Waals surface area contributed by atoms with Crippen molar-refractivity contribution in [2.75, 3.05) is 0 Å². The van der Waals surface area contributed by atoms with E-state index in [1.54, 1.807) is 0 Å². The maximum absolute atomic E-state index is 12.5. The highest BCUT2D eigenvalue weighted by molar-refractivity contribution is 6.77. The second kappa shape index (κ2) is 2.54. The Bertz CT molecular complexity index is 101. The molecule has 62 valence electrons. The van der Waals surface area contributed by atoms with Crippen LogP contribution in [0.15, 0.2) is 0 Å². The summed E-state index contributed by atoms with van der Waals surface area (Å²) < 4.78 is 36.1. The Morgan fingerprint density at radius 2 is 1.60 bits per heavy atom. The van der Waals surface area contributed by atoms with E-state index in [0.29, 0.717) is 0 Å². The summed E-state index contributed by atoms with van der Waals surface area (Å²) in [7, 11) is -2.56. The Balaban J connectivity index is 4.23. The summed E-state index contributed by atoms with van der Waals surface area (Å²) in [5.41, 5.74) is 0. The van der Waals surface area contributed by atoms with E-state index >= 15 is 0 Å². The van der Waals surface area contributed by atoms with Gasteiger partial charge in [-0.2, -0.15) is 8.78 Å². The number of alkyl halides is 3. The zero-order valence-electron chi connectivity index (χ0n) is 6.16. The first-order valence-electron chi connectivity index (χ1n) is 2.90. The van der Waals surface area contributed by atoms with Crippen LogP contribution in [0.4, 0.5) is 13.2 Å². The Labute approximate surface area is 58.9 Å². The molecule has 0 heterocycles. The average Bonchev–Trinajstić information content (AvgIpc) is 1.59. The second-order valence-electron chi connectivity index (χ2n) is 3.32. The van der Waals surface area contributed by atoms with Crippen LogP contribution < -0.4 is 0 Å². The highest BCUT2D eigenvalue weighted by Gasteiger charge is 2.46. The summed E-state index contributed by atoms with van der Waals surface area (Å²) in [6.07, 6.45) is -4.16. The Morgan fingerprint density at radius 3 is 1.60 bits per heavy atom. The van der Waals surface area contributed by atoms with Crippen LogP contribution in [0.5, 0.6) is 0 Å². The fourth-order valence-electron chi connectivity index (χ4n) is 0.521. The van der Waals surface area contributed by atoms with Crippen molar-refractivity contribution >= 4 is 8.07 Å². The molecule has 1 N–H and O–H groups in total. The third-order valence-corrected chi connectivity index (χ3v) is 2.93. The Kier molecular flexibility index (Phi) is 2.53. The van der Waals surface area contributed by atoms with E-state index in [9.17, 15) is 13.2 Å². The van der Waals surface area contributed by atoms with Crippen molar-refractivity contribution in [1.29, 1.82) is 0 Å². The maximum atomic E-state index is 12.5. The summed E-state index contributed by atoms with van der Waals surface area (Å²) in [4.78, 5) is 0. The van der Waals surface area contributed by atoms with Crippen LogP contribution in [0.1, 0.15) is 0 Å². The van der Waals surface area contributed by atoms with E-state index in [4.69, 9.17) is 5.11 Å². The molecular weight excluding hydrogens is 161 g/mol. The Hall–Kier alpha value is -0.0331. The first kappa shape index (κ1) is 9.97. The smallest absolute Gasteiger partial charge is 0.334 e. The van der Waals surface area contributed by atoms with Gasteiger partial charge in [0.15, 0.2) is 5.79 Å². The lowest BCUT2D eigenvalue weighted by Gasteiger charge is -2.24. The number of rotatable bonds is 2. The molecule has 0 aliphatic rings. The van der Waals surface area contributed by atoms with E-state index in [0.717, 1.165) is 0 Å². The molecule has 0 aromatic carbocycles. The molecule has 0 aromatic heterocycles. The lowest BCUT2D eigenvalue weighted by atomic mass is 10.7. The standard InChI is InChI=1S/C5H11F3OSi/c1-10(2,3)4(6)5(7,8)9/h4,9H,1-3H3. The summed E-state index contributed by atoms with van der Waals surface area (Å²) in [5, 5.41) is 7.95. The lowest BCUT2D eigenvalue weighted by molar-refractivity contribution is -0.223. The van der Waals surface area contributed by atoms with Crippen LogP contribution in [0, 0.1) is 0 Å². The first-order valence-corrected chi connectivity index (χ1v) is 6.47. The Morgan fingerprint density at radius 1 is 1.30 bits per heavy atom. The van der Waals surface area contributed by atoms with Gasteiger partial charge in [0.25, 0.3) is 0 Å². The molecule has 0 aliphatic heterocycles. The largest absolute Gasteiger partial charge is 0.381 e. The fraction of sp³-hybridized carbons (Fsp3) is 1.00. The van der Waals surface area contributed by atoms with E-state index in [-0.39, 0.29) is 0 Å². The van der Waals surface area contributed by atoms with Gasteiger partial charge in [0.05, 0.1) is 8.07 Å². The van der Waals surface area contributed by atoms with Crippen molar-refractivity contribution in [3.05, 3.63) is 0 Å². The van der Waals surface area contributed by atoms with Crippen LogP contribution >= 0.6 is 0 Å². The quantitative estimate of drug-likeness (QED) is 0.629. The van der Waals surface area contributed by atoms with Crippen LogP contribution in [0.25, 0.3) is 0 Å². The zero-order valence-corrected chi connectivity index (χ0v) is 7.16. The molecule has 0 fully saturated rings. The third kappa shape index (κ3) is 2.70. The minimum absolute atomic E-state index is 1.43. The van der Waals surface area contributed by atoms with Gasteiger partial charge in [0.1, 0.15) is 0 Å². The predicted octanol–water partition coefficient (Wildman–Crippen LogP) is 1.79. The molecule has 0 radical (unpaired) electrons. The van der Waals surface area contributed by atoms with Gasteiger partial charge in [-0.1, -0.05) is 19.6 Å². The van der Waals surface area contributed by atoms with E-state index in [1.807, 2.05) is 0 Å². The van der Waals surface area contributed by atoms with Crippen molar-refractivity contribution in [3.8, 4) is 0 Å². The van der Waals surface area contributed by atoms with Crippen LogP contribution in [0.3, 0.4) is 0 Å². The van der Waals surface area contributed by atoms with Crippen molar-refractivity contribution < 1.29 is 18.3 Å². The third-order valence-electron chi connectivity index (χ3n) is 1.07. The van der Waals surface area contributed by atoms with Crippen LogP contribution in [-0.4, -0.2) is 25.1 Å². The molecule has 1 nitrogen and oxygen atoms in total. The number of hydrogen-bond acceptors (Lipinski definition) is 1. The molecule has 5 heteroatoms. The van der Waals surface area contributed by atoms with Gasteiger partial charge in [0.2, 0.25) is 0 Å². The first-order chi connectivity index (χ1) is 4.15. The fourth-order valence-corrected chi connectivity index (χ4v) is 1.56. The molecule has 0 aliphatic carbocycles. The minimum Gasteiger partial charge on any atom is -0.334 e. The van der Waals surface area contributed by atoms with Gasteiger partial charge in [0, 0.05) is 0 Å². The number of aliphatic hydroxyl groups is 1. The van der Waals surface area contributed by atoms with Crippen molar-refractivity contribution in [2.24, 2.45) is 0 Å². The van der Waals surface area contributed by atoms with E-state index in [2.05, 4.69) is 0 Å². The molecular formula is C5H11F3OSi. The summed E-state index contributed by atoms with van der Waals surface area (Å²) >= 11 is 0. The van der Waals surface area contributed by atoms with Crippen molar-refractivity contribution in [1.82, 2.24) is 0 Å². The van der Waals surface area contributed by atoms with Gasteiger partial charge in [-0.05, 0) is 0 Å². The van der Waals surface area contributed by atoms with Crippen molar-refractivity contribution in [3.63, 3.8) is 0 Å². The van der Waals surface area contributed by atoms with Crippen LogP contribution in [-0.2, 0) is 0 Å². The molecule has 1 unspecified atom stereocenters. The van der Waals surface area contributed by atoms with E-state index < -0.39 is 20.0 Å². The normalized spacial score (nSPS) is 17.1. The monoisotopic (exact) mass is 172 g/mol. The maximum Gasteiger partial charge on any atom is 0.381 e. The predicted molar refractivity (Wildman–Crippen MR) is 35.4 cm³/mol. The number of halogens is 3. The topological polar surface area (TPSA) is 20.2 Å². The van der Waals surface area contributed by atoms with Gasteiger partial charge in [-0.3, -0.25) is 0 Å². The molecule has 1 atom stereocenters. The molecule has 10 heavy (non-hydrogen) atoms. The highest BCUT2D eigenvalue weighted by Crippen LogP contribution is 2.25. The highest BCUT2D eigenvalue weighted by atomic mass is 28.3. The van der Waals surface area contributed by atoms with Crippen LogP contribution in [0.2, 0.25) is 19.6 Å². The summed E-state index contributed by atoms with van der Waals surface area (Å²) in [6.45, 7) is 4.30. The van der Waals surface area contributed by atoms with Gasteiger partial charge < -0.3 is 5.11 Å². The van der Waals surface area contributed by atoms with Gasteiger partial charge in [-0.15, -0.1) is 0 Å². The minimum atomic E-state index is -4.16. The molecule has 0 saturated carbocycles. The molecule has 0 spiro atoms. The zero-order chi connectivity index (χ0) is 8.58. The molecule has 0 rings (SSSR count). The summed E-state index contributed by atoms with van der Waals surface area (Å²) in [6, 6.07) is 0. The van der Waals surface area contributed by atoms with Gasteiger partial charge in [-0.25, -0.2) is 4.39 Å². The van der Waals surface area contributed by atoms with Gasteiger partial charge >= 0.3 is 6.11 Å². The SMILES string of the molecule is C[Si](C)(C)C(F)C(O)(F)F. The molecule has 0 saturated heterocycles. The van der Waals surface area contributed by atoms with E-state index in [1.165, 1.54) is 19.6 Å². The molecule has 0 amide bonds. The molecule has 0 bridgehead atoms.